The molecule has 6 heteroatoms. The van der Waals surface area contributed by atoms with Crippen molar-refractivity contribution < 1.29 is 14.6 Å². The third kappa shape index (κ3) is 3.13. The number of carbonyl (C=O) groups is 1. The fourth-order valence-electron chi connectivity index (χ4n) is 4.50. The second kappa shape index (κ2) is 7.63. The van der Waals surface area contributed by atoms with Crippen LogP contribution in [0.1, 0.15) is 23.6 Å². The number of hydrogen-bond acceptors (Lipinski definition) is 5. The lowest BCUT2D eigenvalue weighted by atomic mass is 9.82. The predicted molar refractivity (Wildman–Crippen MR) is 106 cm³/mol. The number of benzene rings is 2. The third-order valence-electron chi connectivity index (χ3n) is 5.78. The Kier molecular flexibility index (Phi) is 5.03. The first kappa shape index (κ1) is 18.5. The highest BCUT2D eigenvalue weighted by atomic mass is 16.5. The lowest BCUT2D eigenvalue weighted by Crippen LogP contribution is -2.43. The van der Waals surface area contributed by atoms with Gasteiger partial charge in [0.25, 0.3) is 0 Å². The molecule has 2 aliphatic rings. The molecule has 1 fully saturated rings. The van der Waals surface area contributed by atoms with Gasteiger partial charge < -0.3 is 20.1 Å². The second-order valence-electron chi connectivity index (χ2n) is 7.35. The highest BCUT2D eigenvalue weighted by Crippen LogP contribution is 2.47. The highest BCUT2D eigenvalue weighted by Gasteiger charge is 2.45. The Labute approximate surface area is 164 Å². The van der Waals surface area contributed by atoms with Crippen molar-refractivity contribution in [2.24, 2.45) is 5.92 Å². The molecule has 3 atom stereocenters. The first-order valence-corrected chi connectivity index (χ1v) is 9.46. The molecule has 6 nitrogen and oxygen atoms in total. The lowest BCUT2D eigenvalue weighted by Gasteiger charge is -2.39. The number of aliphatic hydroxyl groups is 1. The van der Waals surface area contributed by atoms with Gasteiger partial charge in [-0.2, -0.15) is 5.26 Å². The van der Waals surface area contributed by atoms with Gasteiger partial charge in [0.05, 0.1) is 30.3 Å². The van der Waals surface area contributed by atoms with Crippen LogP contribution in [0.15, 0.2) is 42.5 Å². The molecule has 1 amide bonds. The zero-order chi connectivity index (χ0) is 19.7. The molecule has 2 aliphatic heterocycles. The molecule has 0 spiro atoms. The number of methoxy groups -OCH3 is 1. The number of amides is 1. The Hall–Kier alpha value is -2.88. The lowest BCUT2D eigenvalue weighted by molar-refractivity contribution is -0.136. The molecule has 2 N–H and O–H groups in total. The number of nitrogens with zero attached hydrogens (tertiary/aromatic N) is 2. The zero-order valence-corrected chi connectivity index (χ0v) is 15.8. The topological polar surface area (TPSA) is 85.6 Å². The van der Waals surface area contributed by atoms with Crippen LogP contribution in [0.4, 0.5) is 5.69 Å². The smallest absolute Gasteiger partial charge is 0.249 e. The molecular weight excluding hydrogens is 354 g/mol. The first-order chi connectivity index (χ1) is 13.7. The van der Waals surface area contributed by atoms with Crippen molar-refractivity contribution in [2.75, 3.05) is 32.2 Å². The summed E-state index contributed by atoms with van der Waals surface area (Å²) < 4.78 is 5.07. The largest absolute Gasteiger partial charge is 0.394 e. The minimum atomic E-state index is -0.0878. The summed E-state index contributed by atoms with van der Waals surface area (Å²) in [5.41, 5.74) is 4.58. The normalized spacial score (nSPS) is 22.8. The second-order valence-corrected chi connectivity index (χ2v) is 7.35. The van der Waals surface area contributed by atoms with Crippen LogP contribution in [-0.2, 0) is 9.53 Å². The summed E-state index contributed by atoms with van der Waals surface area (Å²) in [6.07, 6.45) is 0.839. The van der Waals surface area contributed by atoms with Crippen LogP contribution in [0.3, 0.4) is 0 Å². The number of hydrogen-bond donors (Lipinski definition) is 2. The fraction of sp³-hybridized carbons (Fsp3) is 0.364. The number of nitrogens with one attached hydrogen (secondary N) is 1. The van der Waals surface area contributed by atoms with E-state index >= 15 is 0 Å². The molecule has 4 rings (SSSR count). The average Bonchev–Trinajstić information content (AvgIpc) is 3.18. The van der Waals surface area contributed by atoms with Crippen molar-refractivity contribution in [1.82, 2.24) is 4.90 Å². The molecule has 2 aromatic rings. The number of rotatable bonds is 4. The summed E-state index contributed by atoms with van der Waals surface area (Å²) in [4.78, 5) is 14.5. The molecule has 0 radical (unpaired) electrons. The van der Waals surface area contributed by atoms with E-state index in [4.69, 9.17) is 4.74 Å². The summed E-state index contributed by atoms with van der Waals surface area (Å²) in [7, 11) is 1.53. The number of carbonyl (C=O) groups excluding carboxylic acids is 1. The Morgan fingerprint density at radius 1 is 1.32 bits per heavy atom. The van der Waals surface area contributed by atoms with Crippen molar-refractivity contribution in [3.8, 4) is 17.2 Å². The van der Waals surface area contributed by atoms with E-state index in [1.54, 1.807) is 6.07 Å². The van der Waals surface area contributed by atoms with Gasteiger partial charge in [0, 0.05) is 25.3 Å². The summed E-state index contributed by atoms with van der Waals surface area (Å²) in [5.74, 6) is 0.121. The number of ether oxygens (including phenoxy) is 1. The Balaban J connectivity index is 1.77. The molecule has 1 saturated heterocycles. The van der Waals surface area contributed by atoms with E-state index in [-0.39, 0.29) is 37.1 Å². The number of nitriles is 1. The Morgan fingerprint density at radius 2 is 2.14 bits per heavy atom. The van der Waals surface area contributed by atoms with Crippen molar-refractivity contribution in [1.29, 1.82) is 5.26 Å². The van der Waals surface area contributed by atoms with Crippen molar-refractivity contribution in [3.63, 3.8) is 0 Å². The maximum Gasteiger partial charge on any atom is 0.249 e. The number of aliphatic hydroxyl groups excluding tert-OH is 1. The number of anilines is 1. The molecule has 0 aliphatic carbocycles. The van der Waals surface area contributed by atoms with Gasteiger partial charge in [-0.3, -0.25) is 4.79 Å². The van der Waals surface area contributed by atoms with Crippen LogP contribution in [-0.4, -0.2) is 48.8 Å². The number of fused-ring (bicyclic) bond motifs is 3. The van der Waals surface area contributed by atoms with Crippen LogP contribution in [0.25, 0.3) is 11.1 Å². The fourth-order valence-corrected chi connectivity index (χ4v) is 4.50. The standard InChI is InChI=1S/C22H23N3O3/c1-28-13-21(27)25-8-7-17-20(12-26)24-19-6-5-16(10-18(19)22(17)25)15-4-2-3-14(9-15)11-23/h2-6,9-10,17,20,22,24,26H,7-8,12-13H2,1H3/t17-,20-,22-/m0/s1. The molecular formula is C22H23N3O3. The van der Waals surface area contributed by atoms with Gasteiger partial charge in [0.1, 0.15) is 6.61 Å². The van der Waals surface area contributed by atoms with Gasteiger partial charge in [0.15, 0.2) is 0 Å². The van der Waals surface area contributed by atoms with E-state index < -0.39 is 0 Å². The van der Waals surface area contributed by atoms with Gasteiger partial charge in [0.2, 0.25) is 5.91 Å². The SMILES string of the molecule is COCC(=O)N1CC[C@H]2[C@H](CO)Nc3ccc(-c4cccc(C#N)c4)cc3[C@H]21. The van der Waals surface area contributed by atoms with E-state index in [0.29, 0.717) is 12.1 Å². The van der Waals surface area contributed by atoms with Crippen LogP contribution in [0.5, 0.6) is 0 Å². The minimum Gasteiger partial charge on any atom is -0.394 e. The molecule has 0 bridgehead atoms. The highest BCUT2D eigenvalue weighted by molar-refractivity contribution is 5.80. The number of likely N-dealkylation sites (tertiary alicyclic amines) is 1. The molecule has 2 aromatic carbocycles. The quantitative estimate of drug-likeness (QED) is 0.855. The maximum absolute atomic E-state index is 12.6. The van der Waals surface area contributed by atoms with Crippen LogP contribution in [0, 0.1) is 17.2 Å². The van der Waals surface area contributed by atoms with Gasteiger partial charge in [-0.05, 0) is 47.4 Å². The Morgan fingerprint density at radius 3 is 2.89 bits per heavy atom. The molecule has 28 heavy (non-hydrogen) atoms. The molecule has 0 unspecified atom stereocenters. The van der Waals surface area contributed by atoms with Gasteiger partial charge in [-0.1, -0.05) is 18.2 Å². The van der Waals surface area contributed by atoms with Crippen molar-refractivity contribution in [2.45, 2.75) is 18.5 Å². The van der Waals surface area contributed by atoms with E-state index in [9.17, 15) is 15.2 Å². The monoisotopic (exact) mass is 377 g/mol. The van der Waals surface area contributed by atoms with Crippen molar-refractivity contribution in [3.05, 3.63) is 53.6 Å². The summed E-state index contributed by atoms with van der Waals surface area (Å²) >= 11 is 0. The Bertz CT molecular complexity index is 937. The molecule has 2 heterocycles. The maximum atomic E-state index is 12.6. The summed E-state index contributed by atoms with van der Waals surface area (Å²) in [5, 5.41) is 22.5. The van der Waals surface area contributed by atoms with Crippen LogP contribution in [0.2, 0.25) is 0 Å². The molecule has 144 valence electrons. The summed E-state index contributed by atoms with van der Waals surface area (Å²) in [6.45, 7) is 0.738. The van der Waals surface area contributed by atoms with Crippen LogP contribution < -0.4 is 5.32 Å². The minimum absolute atomic E-state index is 0.0267. The van der Waals surface area contributed by atoms with E-state index in [2.05, 4.69) is 17.5 Å². The van der Waals surface area contributed by atoms with Crippen molar-refractivity contribution >= 4 is 11.6 Å². The van der Waals surface area contributed by atoms with E-state index in [1.807, 2.05) is 35.2 Å². The van der Waals surface area contributed by atoms with Gasteiger partial charge >= 0.3 is 0 Å². The average molecular weight is 377 g/mol. The zero-order valence-electron chi connectivity index (χ0n) is 15.8. The van der Waals surface area contributed by atoms with Gasteiger partial charge in [-0.15, -0.1) is 0 Å². The molecule has 0 saturated carbocycles. The van der Waals surface area contributed by atoms with E-state index in [0.717, 1.165) is 28.8 Å². The molecule has 0 aromatic heterocycles. The van der Waals surface area contributed by atoms with E-state index in [1.165, 1.54) is 7.11 Å². The summed E-state index contributed by atoms with van der Waals surface area (Å²) in [6, 6.07) is 15.6. The van der Waals surface area contributed by atoms with Gasteiger partial charge in [-0.25, -0.2) is 0 Å². The van der Waals surface area contributed by atoms with Crippen LogP contribution >= 0.6 is 0 Å². The predicted octanol–water partition coefficient (Wildman–Crippen LogP) is 2.55. The third-order valence-corrected chi connectivity index (χ3v) is 5.78. The first-order valence-electron chi connectivity index (χ1n) is 9.46.